The summed E-state index contributed by atoms with van der Waals surface area (Å²) < 4.78 is 6.84. The summed E-state index contributed by atoms with van der Waals surface area (Å²) in [4.78, 5) is 17.4. The van der Waals surface area contributed by atoms with E-state index in [4.69, 9.17) is 4.74 Å². The fourth-order valence-corrected chi connectivity index (χ4v) is 11.2. The maximum atomic E-state index is 13.0. The maximum absolute atomic E-state index is 13.0. The van der Waals surface area contributed by atoms with Gasteiger partial charge in [-0.3, -0.25) is 0 Å². The molecule has 39 heavy (non-hydrogen) atoms. The Bertz CT molecular complexity index is 911. The van der Waals surface area contributed by atoms with Crippen molar-refractivity contribution < 1.29 is 20.3 Å². The fraction of sp³-hybridized carbons (Fsp3) is 0.970. The summed E-state index contributed by atoms with van der Waals surface area (Å²) in [5.74, 6) is 5.01. The Balaban J connectivity index is 0.00000161. The maximum Gasteiger partial charge on any atom is 0.317 e. The van der Waals surface area contributed by atoms with E-state index in [0.29, 0.717) is 53.4 Å². The van der Waals surface area contributed by atoms with Crippen LogP contribution in [-0.4, -0.2) is 79.0 Å². The van der Waals surface area contributed by atoms with Crippen molar-refractivity contribution in [3.8, 4) is 0 Å². The highest BCUT2D eigenvalue weighted by Crippen LogP contribution is 2.70. The third-order valence-electron chi connectivity index (χ3n) is 13.6. The molecule has 6 aliphatic rings. The lowest BCUT2D eigenvalue weighted by Gasteiger charge is -2.61. The van der Waals surface area contributed by atoms with Crippen molar-refractivity contribution in [2.45, 2.75) is 110 Å². The highest BCUT2D eigenvalue weighted by Gasteiger charge is 2.65. The van der Waals surface area contributed by atoms with Crippen LogP contribution in [0.1, 0.15) is 97.6 Å². The number of ether oxygens (including phenoxy) is 1. The molecule has 2 heterocycles. The van der Waals surface area contributed by atoms with E-state index in [9.17, 15) is 9.90 Å². The molecular formula is C33H65N3O3. The van der Waals surface area contributed by atoms with E-state index >= 15 is 0 Å². The Morgan fingerprint density at radius 3 is 2.54 bits per heavy atom. The molecule has 2 saturated heterocycles. The van der Waals surface area contributed by atoms with Gasteiger partial charge in [-0.2, -0.15) is 0 Å². The number of rotatable bonds is 5. The van der Waals surface area contributed by atoms with Crippen LogP contribution in [0.15, 0.2) is 0 Å². The molecule has 0 aromatic rings. The number of aliphatic hydroxyl groups excluding tert-OH is 1. The molecule has 4 saturated carbocycles. The summed E-state index contributed by atoms with van der Waals surface area (Å²) in [6.07, 6.45) is 13.4. The SMILES string of the molecule is C[C@H](CO)CC[C@H]1O[C@H]2CC3[C@@H]4CC[C@@H]5C[C@@H](NC(=O)N6CCN(C)CC6)CC[C@]5(C)C4CC[C@]3(C)C2[C@@H]1C.[HH].[HH].[HH].[HH]. The molecule has 0 spiro atoms. The van der Waals surface area contributed by atoms with E-state index in [1.54, 1.807) is 0 Å². The molecule has 2 amide bonds. The first-order valence-corrected chi connectivity index (χ1v) is 16.6. The van der Waals surface area contributed by atoms with Crippen molar-refractivity contribution >= 4 is 6.03 Å². The molecule has 0 bridgehead atoms. The number of nitrogens with zero attached hydrogens (tertiary/aromatic N) is 2. The zero-order valence-corrected chi connectivity index (χ0v) is 25.5. The Morgan fingerprint density at radius 2 is 1.79 bits per heavy atom. The summed E-state index contributed by atoms with van der Waals surface area (Å²) in [7, 11) is 2.14. The van der Waals surface area contributed by atoms with Crippen LogP contribution in [0.2, 0.25) is 0 Å². The van der Waals surface area contributed by atoms with Gasteiger partial charge < -0.3 is 25.0 Å². The zero-order chi connectivity index (χ0) is 27.5. The highest BCUT2D eigenvalue weighted by atomic mass is 16.5. The molecule has 230 valence electrons. The number of likely N-dealkylation sites (N-methyl/N-ethyl adjacent to an activating group) is 1. The minimum absolute atomic E-state index is 0. The van der Waals surface area contributed by atoms with Crippen molar-refractivity contribution in [1.29, 1.82) is 0 Å². The van der Waals surface area contributed by atoms with Crippen molar-refractivity contribution in [2.75, 3.05) is 39.8 Å². The van der Waals surface area contributed by atoms with Gasteiger partial charge in [-0.25, -0.2) is 4.79 Å². The lowest BCUT2D eigenvalue weighted by Crippen LogP contribution is -2.57. The minimum Gasteiger partial charge on any atom is -0.396 e. The monoisotopic (exact) mass is 552 g/mol. The molecule has 6 fully saturated rings. The van der Waals surface area contributed by atoms with Gasteiger partial charge in [0.05, 0.1) is 12.2 Å². The molecule has 0 aromatic carbocycles. The van der Waals surface area contributed by atoms with Gasteiger partial charge >= 0.3 is 6.03 Å². The third kappa shape index (κ3) is 4.86. The Hall–Kier alpha value is -0.850. The van der Waals surface area contributed by atoms with E-state index in [2.05, 4.69) is 45.0 Å². The molecule has 6 nitrogen and oxygen atoms in total. The quantitative estimate of drug-likeness (QED) is 0.416. The standard InChI is InChI=1S/C33H57N3O3.4H2/c1-21(20-37)6-9-28-22(2)30-29(39-28)19-27-25-8-7-23-18-24(34-31(38)36-16-14-35(5)15-17-36)10-12-32(23,3)26(25)11-13-33(27,30)4;;;;/h21-30,37H,6-20H2,1-5H3,(H,34,38);4*1H/t21-,22+,23+,24-,25+,26?,27?,28+,29-,30?,32-,33-;;;;/m0..../s1. The van der Waals surface area contributed by atoms with Gasteiger partial charge in [-0.05, 0) is 124 Å². The molecule has 2 aliphatic heterocycles. The summed E-state index contributed by atoms with van der Waals surface area (Å²) >= 11 is 0. The largest absolute Gasteiger partial charge is 0.396 e. The van der Waals surface area contributed by atoms with Crippen molar-refractivity contribution in [3.05, 3.63) is 0 Å². The normalized spacial score (nSPS) is 48.6. The molecule has 0 radical (unpaired) electrons. The van der Waals surface area contributed by atoms with Crippen LogP contribution in [0, 0.1) is 52.3 Å². The summed E-state index contributed by atoms with van der Waals surface area (Å²) in [5, 5.41) is 13.0. The average Bonchev–Trinajstić information content (AvgIpc) is 3.40. The summed E-state index contributed by atoms with van der Waals surface area (Å²) in [6, 6.07) is 0.528. The van der Waals surface area contributed by atoms with Gasteiger partial charge in [0.1, 0.15) is 0 Å². The van der Waals surface area contributed by atoms with E-state index in [-0.39, 0.29) is 11.7 Å². The number of hydrogen-bond donors (Lipinski definition) is 2. The first-order valence-electron chi connectivity index (χ1n) is 16.6. The number of nitrogens with one attached hydrogen (secondary N) is 1. The molecule has 6 heteroatoms. The number of urea groups is 1. The van der Waals surface area contributed by atoms with E-state index in [1.165, 1.54) is 44.9 Å². The Kier molecular flexibility index (Phi) is 7.81. The molecule has 2 N–H and O–H groups in total. The van der Waals surface area contributed by atoms with Gasteiger partial charge in [-0.1, -0.05) is 27.7 Å². The first kappa shape index (κ1) is 28.3. The number of carbonyl (C=O) groups excluding carboxylic acids is 1. The molecular weight excluding hydrogens is 486 g/mol. The van der Waals surface area contributed by atoms with Crippen LogP contribution >= 0.6 is 0 Å². The first-order chi connectivity index (χ1) is 18.6. The van der Waals surface area contributed by atoms with Crippen molar-refractivity contribution in [1.82, 2.24) is 15.1 Å². The predicted molar refractivity (Wildman–Crippen MR) is 164 cm³/mol. The lowest BCUT2D eigenvalue weighted by molar-refractivity contribution is -0.118. The van der Waals surface area contributed by atoms with Crippen LogP contribution < -0.4 is 5.32 Å². The van der Waals surface area contributed by atoms with Gasteiger partial charge in [0.2, 0.25) is 0 Å². The lowest BCUT2D eigenvalue weighted by atomic mass is 9.44. The fourth-order valence-electron chi connectivity index (χ4n) is 11.2. The van der Waals surface area contributed by atoms with Crippen LogP contribution in [0.5, 0.6) is 0 Å². The van der Waals surface area contributed by atoms with Gasteiger partial charge in [0.25, 0.3) is 0 Å². The summed E-state index contributed by atoms with van der Waals surface area (Å²) in [6.45, 7) is 13.9. The smallest absolute Gasteiger partial charge is 0.317 e. The molecule has 3 unspecified atom stereocenters. The van der Waals surface area contributed by atoms with Crippen LogP contribution in [0.3, 0.4) is 0 Å². The molecule has 4 aliphatic carbocycles. The molecule has 12 atom stereocenters. The highest BCUT2D eigenvalue weighted by molar-refractivity contribution is 5.74. The predicted octanol–water partition coefficient (Wildman–Crippen LogP) is 6.38. The third-order valence-corrected chi connectivity index (χ3v) is 13.6. The topological polar surface area (TPSA) is 65.0 Å². The average molecular weight is 552 g/mol. The van der Waals surface area contributed by atoms with Crippen LogP contribution in [0.4, 0.5) is 4.79 Å². The second-order valence-electron chi connectivity index (χ2n) is 15.6. The van der Waals surface area contributed by atoms with Gasteiger partial charge in [-0.15, -0.1) is 0 Å². The van der Waals surface area contributed by atoms with Crippen LogP contribution in [-0.2, 0) is 4.74 Å². The van der Waals surface area contributed by atoms with Crippen LogP contribution in [0.25, 0.3) is 0 Å². The summed E-state index contributed by atoms with van der Waals surface area (Å²) in [5.41, 5.74) is 0.867. The Labute approximate surface area is 243 Å². The number of aliphatic hydroxyl groups is 1. The van der Waals surface area contributed by atoms with E-state index in [0.717, 1.165) is 69.1 Å². The van der Waals surface area contributed by atoms with Crippen molar-refractivity contribution in [2.24, 2.45) is 52.3 Å². The second-order valence-corrected chi connectivity index (χ2v) is 15.6. The van der Waals surface area contributed by atoms with Gasteiger partial charge in [0.15, 0.2) is 0 Å². The van der Waals surface area contributed by atoms with E-state index in [1.807, 2.05) is 4.90 Å². The Morgan fingerprint density at radius 1 is 1.05 bits per heavy atom. The zero-order valence-electron chi connectivity index (χ0n) is 25.5. The molecule has 6 rings (SSSR count). The van der Waals surface area contributed by atoms with E-state index < -0.39 is 0 Å². The minimum atomic E-state index is 0. The number of hydrogen-bond acceptors (Lipinski definition) is 4. The number of piperazine rings is 1. The van der Waals surface area contributed by atoms with Gasteiger partial charge in [0, 0.05) is 44.5 Å². The van der Waals surface area contributed by atoms with Crippen molar-refractivity contribution in [3.63, 3.8) is 0 Å². The number of carbonyl (C=O) groups is 1. The number of fused-ring (bicyclic) bond motifs is 7. The second kappa shape index (κ2) is 10.8. The number of amides is 2. The molecule has 0 aromatic heterocycles.